The van der Waals surface area contributed by atoms with Crippen LogP contribution in [-0.2, 0) is 9.53 Å². The summed E-state index contributed by atoms with van der Waals surface area (Å²) in [6.07, 6.45) is 2.93. The topological polar surface area (TPSA) is 78.3 Å². The van der Waals surface area contributed by atoms with Crippen molar-refractivity contribution in [1.82, 2.24) is 15.0 Å². The van der Waals surface area contributed by atoms with Crippen LogP contribution in [0.3, 0.4) is 0 Å². The van der Waals surface area contributed by atoms with Crippen molar-refractivity contribution in [3.8, 4) is 11.4 Å². The SMILES string of the molecule is COc1cccc(-n2cc(NC(=O)[C@H]3CCCO3)nn2)c1. The molecule has 3 rings (SSSR count). The molecule has 2 aromatic rings. The van der Waals surface area contributed by atoms with E-state index < -0.39 is 0 Å². The number of hydrogen-bond donors (Lipinski definition) is 1. The number of nitrogens with one attached hydrogen (secondary N) is 1. The van der Waals surface area contributed by atoms with Crippen molar-refractivity contribution in [1.29, 1.82) is 0 Å². The lowest BCUT2D eigenvalue weighted by Gasteiger charge is -2.07. The number of ether oxygens (including phenoxy) is 2. The lowest BCUT2D eigenvalue weighted by Crippen LogP contribution is -2.26. The zero-order chi connectivity index (χ0) is 14.7. The molecule has 1 amide bonds. The molecular formula is C14H16N4O3. The summed E-state index contributed by atoms with van der Waals surface area (Å²) in [6.45, 7) is 0.634. The Morgan fingerprint density at radius 2 is 2.43 bits per heavy atom. The Hall–Kier alpha value is -2.41. The van der Waals surface area contributed by atoms with E-state index in [1.54, 1.807) is 18.0 Å². The average Bonchev–Trinajstić information content (AvgIpc) is 3.18. The summed E-state index contributed by atoms with van der Waals surface area (Å²) in [5.41, 5.74) is 0.805. The van der Waals surface area contributed by atoms with E-state index in [9.17, 15) is 4.79 Å². The van der Waals surface area contributed by atoms with Gasteiger partial charge in [0, 0.05) is 12.7 Å². The summed E-state index contributed by atoms with van der Waals surface area (Å²) in [7, 11) is 1.60. The second-order valence-corrected chi connectivity index (χ2v) is 4.74. The molecule has 2 heterocycles. The monoisotopic (exact) mass is 288 g/mol. The predicted octanol–water partition coefficient (Wildman–Crippen LogP) is 1.39. The van der Waals surface area contributed by atoms with Gasteiger partial charge in [-0.25, -0.2) is 4.68 Å². The van der Waals surface area contributed by atoms with Gasteiger partial charge < -0.3 is 14.8 Å². The number of benzene rings is 1. The standard InChI is InChI=1S/C14H16N4O3/c1-20-11-5-2-4-10(8-11)18-9-13(16-17-18)15-14(19)12-6-3-7-21-12/h2,4-5,8-9,12H,3,6-7H2,1H3,(H,15,19)/t12-/m1/s1. The van der Waals surface area contributed by atoms with Gasteiger partial charge in [0.25, 0.3) is 5.91 Å². The maximum Gasteiger partial charge on any atom is 0.254 e. The van der Waals surface area contributed by atoms with Crippen molar-refractivity contribution in [3.63, 3.8) is 0 Å². The van der Waals surface area contributed by atoms with Crippen LogP contribution in [0.4, 0.5) is 5.82 Å². The number of amides is 1. The third kappa shape index (κ3) is 3.03. The Labute approximate surface area is 121 Å². The summed E-state index contributed by atoms with van der Waals surface area (Å²) in [5.74, 6) is 0.955. The van der Waals surface area contributed by atoms with Crippen LogP contribution >= 0.6 is 0 Å². The number of aromatic nitrogens is 3. The van der Waals surface area contributed by atoms with Crippen molar-refractivity contribution < 1.29 is 14.3 Å². The minimum absolute atomic E-state index is 0.176. The van der Waals surface area contributed by atoms with Gasteiger partial charge in [0.2, 0.25) is 0 Å². The van der Waals surface area contributed by atoms with Crippen LogP contribution in [0.25, 0.3) is 5.69 Å². The normalized spacial score (nSPS) is 17.7. The maximum absolute atomic E-state index is 11.9. The van der Waals surface area contributed by atoms with Crippen molar-refractivity contribution in [2.45, 2.75) is 18.9 Å². The van der Waals surface area contributed by atoms with Gasteiger partial charge in [-0.3, -0.25) is 4.79 Å². The first kappa shape index (κ1) is 13.6. The maximum atomic E-state index is 11.9. The van der Waals surface area contributed by atoms with Crippen LogP contribution in [0.15, 0.2) is 30.5 Å². The van der Waals surface area contributed by atoms with Gasteiger partial charge in [0.05, 0.1) is 19.0 Å². The molecule has 1 aliphatic rings. The molecule has 0 saturated carbocycles. The van der Waals surface area contributed by atoms with E-state index in [-0.39, 0.29) is 12.0 Å². The van der Waals surface area contributed by atoms with Crippen molar-refractivity contribution in [2.24, 2.45) is 0 Å². The highest BCUT2D eigenvalue weighted by Gasteiger charge is 2.24. The first-order valence-corrected chi connectivity index (χ1v) is 6.75. The van der Waals surface area contributed by atoms with Crippen LogP contribution in [0.1, 0.15) is 12.8 Å². The molecular weight excluding hydrogens is 272 g/mol. The molecule has 1 fully saturated rings. The van der Waals surface area contributed by atoms with E-state index in [2.05, 4.69) is 15.6 Å². The first-order chi connectivity index (χ1) is 10.3. The Bertz CT molecular complexity index is 635. The molecule has 7 nitrogen and oxygen atoms in total. The van der Waals surface area contributed by atoms with Gasteiger partial charge >= 0.3 is 0 Å². The Morgan fingerprint density at radius 1 is 1.52 bits per heavy atom. The lowest BCUT2D eigenvalue weighted by molar-refractivity contribution is -0.124. The molecule has 0 radical (unpaired) electrons. The number of rotatable bonds is 4. The number of anilines is 1. The van der Waals surface area contributed by atoms with E-state index in [0.29, 0.717) is 12.4 Å². The molecule has 0 aliphatic carbocycles. The number of carbonyl (C=O) groups excluding carboxylic acids is 1. The second-order valence-electron chi connectivity index (χ2n) is 4.74. The van der Waals surface area contributed by atoms with Crippen LogP contribution < -0.4 is 10.1 Å². The fourth-order valence-corrected chi connectivity index (χ4v) is 2.19. The molecule has 0 spiro atoms. The summed E-state index contributed by atoms with van der Waals surface area (Å²) >= 11 is 0. The van der Waals surface area contributed by atoms with Crippen molar-refractivity contribution in [3.05, 3.63) is 30.5 Å². The van der Waals surface area contributed by atoms with Crippen LogP contribution in [0, 0.1) is 0 Å². The zero-order valence-electron chi connectivity index (χ0n) is 11.7. The molecule has 7 heteroatoms. The molecule has 1 aromatic carbocycles. The minimum atomic E-state index is -0.382. The fraction of sp³-hybridized carbons (Fsp3) is 0.357. The summed E-state index contributed by atoms with van der Waals surface area (Å²) < 4.78 is 12.1. The van der Waals surface area contributed by atoms with E-state index in [1.807, 2.05) is 24.3 Å². The van der Waals surface area contributed by atoms with Gasteiger partial charge in [0.15, 0.2) is 5.82 Å². The second kappa shape index (κ2) is 5.92. The van der Waals surface area contributed by atoms with Gasteiger partial charge in [-0.05, 0) is 25.0 Å². The summed E-state index contributed by atoms with van der Waals surface area (Å²) in [5, 5.41) is 10.7. The quantitative estimate of drug-likeness (QED) is 0.920. The Kier molecular flexibility index (Phi) is 3.83. The lowest BCUT2D eigenvalue weighted by atomic mass is 10.2. The van der Waals surface area contributed by atoms with Gasteiger partial charge in [0.1, 0.15) is 11.9 Å². The molecule has 21 heavy (non-hydrogen) atoms. The summed E-state index contributed by atoms with van der Waals surface area (Å²) in [4.78, 5) is 11.9. The number of hydrogen-bond acceptors (Lipinski definition) is 5. The molecule has 1 aliphatic heterocycles. The number of methoxy groups -OCH3 is 1. The van der Waals surface area contributed by atoms with Crippen molar-refractivity contribution in [2.75, 3.05) is 19.0 Å². The highest BCUT2D eigenvalue weighted by atomic mass is 16.5. The first-order valence-electron chi connectivity index (χ1n) is 6.75. The fourth-order valence-electron chi connectivity index (χ4n) is 2.19. The summed E-state index contributed by atoms with van der Waals surface area (Å²) in [6, 6.07) is 7.42. The zero-order valence-corrected chi connectivity index (χ0v) is 11.7. The highest BCUT2D eigenvalue weighted by molar-refractivity contribution is 5.93. The minimum Gasteiger partial charge on any atom is -0.497 e. The van der Waals surface area contributed by atoms with Gasteiger partial charge in [-0.2, -0.15) is 0 Å². The van der Waals surface area contributed by atoms with Crippen LogP contribution in [0.2, 0.25) is 0 Å². The molecule has 1 saturated heterocycles. The molecule has 1 aromatic heterocycles. The number of carbonyl (C=O) groups is 1. The van der Waals surface area contributed by atoms with Crippen LogP contribution in [0.5, 0.6) is 5.75 Å². The molecule has 0 unspecified atom stereocenters. The van der Waals surface area contributed by atoms with E-state index >= 15 is 0 Å². The third-order valence-electron chi connectivity index (χ3n) is 3.28. The third-order valence-corrected chi connectivity index (χ3v) is 3.28. The Morgan fingerprint density at radius 3 is 3.19 bits per heavy atom. The van der Waals surface area contributed by atoms with E-state index in [4.69, 9.17) is 9.47 Å². The molecule has 1 N–H and O–H groups in total. The molecule has 1 atom stereocenters. The van der Waals surface area contributed by atoms with Gasteiger partial charge in [-0.1, -0.05) is 11.3 Å². The predicted molar refractivity (Wildman–Crippen MR) is 75.5 cm³/mol. The van der Waals surface area contributed by atoms with E-state index in [1.165, 1.54) is 0 Å². The van der Waals surface area contributed by atoms with Crippen LogP contribution in [-0.4, -0.2) is 40.7 Å². The smallest absolute Gasteiger partial charge is 0.254 e. The highest BCUT2D eigenvalue weighted by Crippen LogP contribution is 2.17. The van der Waals surface area contributed by atoms with Crippen molar-refractivity contribution >= 4 is 11.7 Å². The number of nitrogens with zero attached hydrogens (tertiary/aromatic N) is 3. The Balaban J connectivity index is 1.72. The molecule has 0 bridgehead atoms. The molecule has 110 valence electrons. The average molecular weight is 288 g/mol. The van der Waals surface area contributed by atoms with Gasteiger partial charge in [-0.15, -0.1) is 5.10 Å². The van der Waals surface area contributed by atoms with E-state index in [0.717, 1.165) is 24.3 Å². The largest absolute Gasteiger partial charge is 0.497 e.